The fourth-order valence-electron chi connectivity index (χ4n) is 0.867. The summed E-state index contributed by atoms with van der Waals surface area (Å²) in [5.74, 6) is 0.791. The zero-order chi connectivity index (χ0) is 13.1. The molecule has 0 bridgehead atoms. The second-order valence-corrected chi connectivity index (χ2v) is 2.67. The molecule has 0 unspecified atom stereocenters. The van der Waals surface area contributed by atoms with Gasteiger partial charge < -0.3 is 14.9 Å². The molecule has 1 rings (SSSR count). The van der Waals surface area contributed by atoms with Crippen LogP contribution in [0.5, 0.6) is 5.75 Å². The van der Waals surface area contributed by atoms with Crippen LogP contribution in [-0.2, 0) is 4.79 Å². The molecule has 1 amide bonds. The molecular weight excluding hydrogens is 242 g/mol. The molecule has 0 radical (unpaired) electrons. The summed E-state index contributed by atoms with van der Waals surface area (Å²) in [6.07, 6.45) is -3.31. The molecule has 1 aromatic rings. The number of carbonyl (C=O) groups is 1. The highest BCUT2D eigenvalue weighted by molar-refractivity contribution is 5.81. The predicted octanol–water partition coefficient (Wildman–Crippen LogP) is -0.0487. The number of nitrogens with zero attached hydrogens (tertiary/aromatic N) is 2. The SMILES string of the molecule is NNC(=O)C(F)(F)Oc1cccnc1[N+](=O)[O-]. The lowest BCUT2D eigenvalue weighted by Crippen LogP contribution is -2.47. The second kappa shape index (κ2) is 4.65. The van der Waals surface area contributed by atoms with Crippen LogP contribution in [0.2, 0.25) is 0 Å². The minimum absolute atomic E-state index is 0.842. The van der Waals surface area contributed by atoms with Crippen molar-refractivity contribution in [1.82, 2.24) is 10.4 Å². The van der Waals surface area contributed by atoms with Crippen molar-refractivity contribution in [1.29, 1.82) is 0 Å². The fourth-order valence-corrected chi connectivity index (χ4v) is 0.867. The summed E-state index contributed by atoms with van der Waals surface area (Å²) < 4.78 is 29.9. The molecule has 0 fully saturated rings. The normalized spacial score (nSPS) is 10.8. The molecule has 0 atom stereocenters. The van der Waals surface area contributed by atoms with Crippen LogP contribution in [0.1, 0.15) is 0 Å². The Hall–Kier alpha value is -2.36. The van der Waals surface area contributed by atoms with E-state index in [4.69, 9.17) is 0 Å². The van der Waals surface area contributed by atoms with E-state index in [2.05, 4.69) is 15.6 Å². The van der Waals surface area contributed by atoms with Crippen LogP contribution < -0.4 is 16.0 Å². The van der Waals surface area contributed by atoms with Crippen LogP contribution in [0.15, 0.2) is 18.3 Å². The number of carbonyl (C=O) groups excluding carboxylic acids is 1. The molecular formula is C7H6F2N4O4. The number of amides is 1. The third kappa shape index (κ3) is 2.81. The number of nitro groups is 1. The third-order valence-corrected chi connectivity index (χ3v) is 1.56. The molecule has 0 saturated carbocycles. The first-order chi connectivity index (χ1) is 7.88. The first kappa shape index (κ1) is 12.7. The number of pyridine rings is 1. The molecule has 3 N–H and O–H groups in total. The first-order valence-electron chi connectivity index (χ1n) is 4.05. The average Bonchev–Trinajstić information content (AvgIpc) is 2.27. The van der Waals surface area contributed by atoms with E-state index >= 15 is 0 Å². The largest absolute Gasteiger partial charge is 0.483 e. The fraction of sp³-hybridized carbons (Fsp3) is 0.143. The van der Waals surface area contributed by atoms with E-state index in [0.29, 0.717) is 0 Å². The van der Waals surface area contributed by atoms with Crippen LogP contribution in [0.25, 0.3) is 0 Å². The molecule has 92 valence electrons. The molecule has 17 heavy (non-hydrogen) atoms. The summed E-state index contributed by atoms with van der Waals surface area (Å²) in [5.41, 5.74) is 1.17. The highest BCUT2D eigenvalue weighted by atomic mass is 19.3. The second-order valence-electron chi connectivity index (χ2n) is 2.67. The van der Waals surface area contributed by atoms with E-state index < -0.39 is 28.5 Å². The average molecular weight is 248 g/mol. The van der Waals surface area contributed by atoms with Gasteiger partial charge in [0, 0.05) is 0 Å². The molecule has 1 aromatic heterocycles. The van der Waals surface area contributed by atoms with E-state index in [1.165, 1.54) is 5.43 Å². The van der Waals surface area contributed by atoms with Gasteiger partial charge in [-0.05, 0) is 22.0 Å². The van der Waals surface area contributed by atoms with E-state index in [1.54, 1.807) is 0 Å². The van der Waals surface area contributed by atoms with Gasteiger partial charge in [-0.15, -0.1) is 0 Å². The number of aromatic nitrogens is 1. The predicted molar refractivity (Wildman–Crippen MR) is 48.8 cm³/mol. The number of ether oxygens (including phenoxy) is 1. The maximum Gasteiger partial charge on any atom is 0.483 e. The monoisotopic (exact) mass is 248 g/mol. The Balaban J connectivity index is 3.03. The van der Waals surface area contributed by atoms with Crippen LogP contribution in [-0.4, -0.2) is 21.9 Å². The van der Waals surface area contributed by atoms with Crippen LogP contribution in [0.3, 0.4) is 0 Å². The number of hydrazine groups is 1. The first-order valence-corrected chi connectivity index (χ1v) is 4.05. The van der Waals surface area contributed by atoms with Crippen molar-refractivity contribution in [3.05, 3.63) is 28.4 Å². The molecule has 0 spiro atoms. The molecule has 0 aliphatic heterocycles. The zero-order valence-electron chi connectivity index (χ0n) is 8.09. The van der Waals surface area contributed by atoms with Gasteiger partial charge in [-0.1, -0.05) is 0 Å². The maximum absolute atomic E-state index is 13.0. The van der Waals surface area contributed by atoms with Gasteiger partial charge in [-0.2, -0.15) is 8.78 Å². The van der Waals surface area contributed by atoms with Gasteiger partial charge in [0.15, 0.2) is 0 Å². The topological polar surface area (TPSA) is 120 Å². The third-order valence-electron chi connectivity index (χ3n) is 1.56. The number of nitrogens with one attached hydrogen (secondary N) is 1. The van der Waals surface area contributed by atoms with Crippen molar-refractivity contribution < 1.29 is 23.2 Å². The van der Waals surface area contributed by atoms with E-state index in [1.807, 2.05) is 0 Å². The van der Waals surface area contributed by atoms with Crippen molar-refractivity contribution in [3.8, 4) is 5.75 Å². The van der Waals surface area contributed by atoms with E-state index in [9.17, 15) is 23.7 Å². The molecule has 8 nitrogen and oxygen atoms in total. The summed E-state index contributed by atoms with van der Waals surface area (Å²) in [6, 6.07) is 2.02. The Morgan fingerprint density at radius 3 is 2.82 bits per heavy atom. The lowest BCUT2D eigenvalue weighted by molar-refractivity contribution is -0.391. The van der Waals surface area contributed by atoms with Gasteiger partial charge in [0.1, 0.15) is 6.20 Å². The highest BCUT2D eigenvalue weighted by Gasteiger charge is 2.43. The van der Waals surface area contributed by atoms with Gasteiger partial charge in [0.2, 0.25) is 5.75 Å². The van der Waals surface area contributed by atoms with Crippen molar-refractivity contribution in [3.63, 3.8) is 0 Å². The smallest absolute Gasteiger partial charge is 0.416 e. The summed E-state index contributed by atoms with van der Waals surface area (Å²) >= 11 is 0. The highest BCUT2D eigenvalue weighted by Crippen LogP contribution is 2.28. The Labute approximate surface area is 92.5 Å². The maximum atomic E-state index is 13.0. The number of rotatable bonds is 4. The molecule has 1 heterocycles. The van der Waals surface area contributed by atoms with Crippen LogP contribution in [0.4, 0.5) is 14.6 Å². The van der Waals surface area contributed by atoms with Crippen LogP contribution >= 0.6 is 0 Å². The Morgan fingerprint density at radius 1 is 1.65 bits per heavy atom. The van der Waals surface area contributed by atoms with Gasteiger partial charge in [-0.3, -0.25) is 10.2 Å². The van der Waals surface area contributed by atoms with Gasteiger partial charge in [0.25, 0.3) is 0 Å². The van der Waals surface area contributed by atoms with Crippen molar-refractivity contribution in [2.45, 2.75) is 6.11 Å². The van der Waals surface area contributed by atoms with Gasteiger partial charge >= 0.3 is 17.8 Å². The van der Waals surface area contributed by atoms with Crippen molar-refractivity contribution in [2.75, 3.05) is 0 Å². The number of hydrogen-bond acceptors (Lipinski definition) is 6. The summed E-state index contributed by atoms with van der Waals surface area (Å²) in [6.45, 7) is 0. The Morgan fingerprint density at radius 2 is 2.29 bits per heavy atom. The number of alkyl halides is 2. The minimum Gasteiger partial charge on any atom is -0.416 e. The standard InChI is InChI=1S/C7H6F2N4O4/c8-7(9,6(14)12-10)17-4-2-1-3-11-5(4)13(15)16/h1-3H,10H2,(H,12,14). The number of halogens is 2. The van der Waals surface area contributed by atoms with Gasteiger partial charge in [0.05, 0.1) is 0 Å². The van der Waals surface area contributed by atoms with E-state index in [-0.39, 0.29) is 0 Å². The summed E-state index contributed by atoms with van der Waals surface area (Å²) in [5, 5.41) is 10.4. The minimum atomic E-state index is -4.33. The molecule has 0 aliphatic rings. The number of hydrogen-bond donors (Lipinski definition) is 2. The van der Waals surface area contributed by atoms with Crippen LogP contribution in [0, 0.1) is 10.1 Å². The summed E-state index contributed by atoms with van der Waals surface area (Å²) in [7, 11) is 0. The zero-order valence-corrected chi connectivity index (χ0v) is 8.09. The molecule has 10 heteroatoms. The molecule has 0 saturated heterocycles. The number of nitrogens with two attached hydrogens (primary N) is 1. The lowest BCUT2D eigenvalue weighted by Gasteiger charge is -2.14. The van der Waals surface area contributed by atoms with Crippen molar-refractivity contribution in [2.24, 2.45) is 5.84 Å². The van der Waals surface area contributed by atoms with Gasteiger partial charge in [-0.25, -0.2) is 5.84 Å². The van der Waals surface area contributed by atoms with E-state index in [0.717, 1.165) is 18.3 Å². The lowest BCUT2D eigenvalue weighted by atomic mass is 10.4. The quantitative estimate of drug-likeness (QED) is 0.333. The molecule has 0 aromatic carbocycles. The Bertz CT molecular complexity index is 453. The molecule has 0 aliphatic carbocycles. The Kier molecular flexibility index (Phi) is 3.48. The summed E-state index contributed by atoms with van der Waals surface area (Å²) in [4.78, 5) is 23.3. The van der Waals surface area contributed by atoms with Crippen molar-refractivity contribution >= 4 is 11.7 Å².